The fraction of sp³-hybridized carbons (Fsp3) is 0.200. The first-order valence-electron chi connectivity index (χ1n) is 8.15. The van der Waals surface area contributed by atoms with E-state index in [-0.39, 0.29) is 18.3 Å². The van der Waals surface area contributed by atoms with Crippen LogP contribution in [0.25, 0.3) is 5.57 Å². The van der Waals surface area contributed by atoms with E-state index in [1.54, 1.807) is 30.3 Å². The Labute approximate surface area is 146 Å². The normalized spacial score (nSPS) is 14.9. The summed E-state index contributed by atoms with van der Waals surface area (Å²) in [5.74, 6) is -0.347. The molecule has 1 amide bonds. The molecule has 1 heterocycles. The van der Waals surface area contributed by atoms with Crippen molar-refractivity contribution in [1.29, 1.82) is 0 Å². The number of anilines is 1. The van der Waals surface area contributed by atoms with Crippen LogP contribution >= 0.6 is 0 Å². The topological polar surface area (TPSA) is 58.7 Å². The molecule has 128 valence electrons. The molecule has 0 aliphatic carbocycles. The molecule has 4 nitrogen and oxygen atoms in total. The molecule has 2 N–H and O–H groups in total. The van der Waals surface area contributed by atoms with E-state index in [2.05, 4.69) is 4.99 Å². The Kier molecular flexibility index (Phi) is 4.93. The Bertz CT molecular complexity index is 858. The summed E-state index contributed by atoms with van der Waals surface area (Å²) >= 11 is 0. The summed E-state index contributed by atoms with van der Waals surface area (Å²) < 4.78 is 14.6. The number of carbonyl (C=O) groups excluding carboxylic acids is 1. The highest BCUT2D eigenvalue weighted by molar-refractivity contribution is 6.09. The molecule has 1 aliphatic rings. The molecule has 0 radical (unpaired) electrons. The van der Waals surface area contributed by atoms with Crippen molar-refractivity contribution in [2.75, 3.05) is 11.9 Å². The van der Waals surface area contributed by atoms with Crippen LogP contribution in [-0.2, 0) is 17.8 Å². The zero-order valence-corrected chi connectivity index (χ0v) is 14.1. The maximum absolute atomic E-state index is 14.6. The highest BCUT2D eigenvalue weighted by Gasteiger charge is 2.24. The minimum absolute atomic E-state index is 0.0165. The number of hydrogen-bond donors (Lipinski definition) is 1. The summed E-state index contributed by atoms with van der Waals surface area (Å²) in [7, 11) is 1.63. The average Bonchev–Trinajstić information content (AvgIpc) is 2.63. The fourth-order valence-corrected chi connectivity index (χ4v) is 3.05. The lowest BCUT2D eigenvalue weighted by Gasteiger charge is -2.29. The molecule has 2 aromatic carbocycles. The van der Waals surface area contributed by atoms with E-state index < -0.39 is 0 Å². The predicted molar refractivity (Wildman–Crippen MR) is 98.9 cm³/mol. The molecular formula is C20H20FN3O. The van der Waals surface area contributed by atoms with E-state index in [1.165, 1.54) is 12.3 Å². The summed E-state index contributed by atoms with van der Waals surface area (Å²) in [6.45, 7) is 0.214. The van der Waals surface area contributed by atoms with Crippen molar-refractivity contribution in [2.24, 2.45) is 10.7 Å². The molecule has 0 spiro atoms. The zero-order chi connectivity index (χ0) is 17.8. The summed E-state index contributed by atoms with van der Waals surface area (Å²) in [5, 5.41) is 0. The van der Waals surface area contributed by atoms with Gasteiger partial charge in [0.2, 0.25) is 5.91 Å². The number of fused-ring (bicyclic) bond motifs is 1. The van der Waals surface area contributed by atoms with Gasteiger partial charge in [0, 0.05) is 42.7 Å². The Morgan fingerprint density at radius 1 is 1.28 bits per heavy atom. The van der Waals surface area contributed by atoms with Crippen molar-refractivity contribution < 1.29 is 9.18 Å². The highest BCUT2D eigenvalue weighted by Crippen LogP contribution is 2.29. The van der Waals surface area contributed by atoms with E-state index in [9.17, 15) is 9.18 Å². The molecule has 3 rings (SSSR count). The molecule has 0 aromatic heterocycles. The number of halogens is 1. The Hall–Kier alpha value is -2.95. The smallest absolute Gasteiger partial charge is 0.227 e. The van der Waals surface area contributed by atoms with Crippen molar-refractivity contribution >= 4 is 23.4 Å². The van der Waals surface area contributed by atoms with E-state index in [4.69, 9.17) is 5.73 Å². The predicted octanol–water partition coefficient (Wildman–Crippen LogP) is 3.31. The van der Waals surface area contributed by atoms with Gasteiger partial charge in [-0.25, -0.2) is 4.39 Å². The van der Waals surface area contributed by atoms with Crippen molar-refractivity contribution in [2.45, 2.75) is 19.4 Å². The number of rotatable bonds is 4. The monoisotopic (exact) mass is 337 g/mol. The number of hydrogen-bond acceptors (Lipinski definition) is 3. The number of allylic oxidation sites excluding steroid dienone is 1. The summed E-state index contributed by atoms with van der Waals surface area (Å²) in [6.07, 6.45) is 4.16. The third-order valence-electron chi connectivity index (χ3n) is 4.35. The number of amides is 1. The fourth-order valence-electron chi connectivity index (χ4n) is 3.05. The molecule has 0 saturated carbocycles. The lowest BCUT2D eigenvalue weighted by molar-refractivity contribution is -0.119. The standard InChI is InChI=1S/C20H20FN3O/c1-23-12-17(11-22)15-6-7-16(18(21)10-15)13-24-19-5-3-2-4-14(19)8-9-20(24)25/h2-7,10-12H,8-9,13,22H2,1H3/b17-11+,23-12?. The number of nitrogens with zero attached hydrogens (tertiary/aromatic N) is 2. The minimum atomic E-state index is -0.364. The van der Waals surface area contributed by atoms with Gasteiger partial charge in [0.05, 0.1) is 6.54 Å². The second kappa shape index (κ2) is 7.30. The summed E-state index contributed by atoms with van der Waals surface area (Å²) in [6, 6.07) is 12.7. The van der Waals surface area contributed by atoms with Crippen LogP contribution in [0.1, 0.15) is 23.1 Å². The quantitative estimate of drug-likeness (QED) is 0.870. The van der Waals surface area contributed by atoms with Crippen LogP contribution < -0.4 is 10.6 Å². The van der Waals surface area contributed by atoms with E-state index in [1.807, 2.05) is 24.3 Å². The van der Waals surface area contributed by atoms with Gasteiger partial charge in [0.1, 0.15) is 5.82 Å². The Balaban J connectivity index is 1.90. The van der Waals surface area contributed by atoms with Crippen molar-refractivity contribution in [1.82, 2.24) is 0 Å². The Morgan fingerprint density at radius 2 is 2.08 bits per heavy atom. The maximum atomic E-state index is 14.6. The molecule has 0 bridgehead atoms. The number of aryl methyl sites for hydroxylation is 1. The summed E-state index contributed by atoms with van der Waals surface area (Å²) in [5.41, 5.74) is 9.32. The van der Waals surface area contributed by atoms with Crippen LogP contribution in [0.4, 0.5) is 10.1 Å². The van der Waals surface area contributed by atoms with Gasteiger partial charge in [0.25, 0.3) is 0 Å². The van der Waals surface area contributed by atoms with Gasteiger partial charge in [-0.2, -0.15) is 0 Å². The number of para-hydroxylation sites is 1. The average molecular weight is 337 g/mol. The van der Waals surface area contributed by atoms with Gasteiger partial charge in [0.15, 0.2) is 0 Å². The van der Waals surface area contributed by atoms with E-state index >= 15 is 0 Å². The van der Waals surface area contributed by atoms with E-state index in [0.717, 1.165) is 17.7 Å². The third-order valence-corrected chi connectivity index (χ3v) is 4.35. The largest absolute Gasteiger partial charge is 0.404 e. The van der Waals surface area contributed by atoms with Gasteiger partial charge in [-0.3, -0.25) is 9.79 Å². The third kappa shape index (κ3) is 3.45. The van der Waals surface area contributed by atoms with Gasteiger partial charge >= 0.3 is 0 Å². The minimum Gasteiger partial charge on any atom is -0.404 e. The first kappa shape index (κ1) is 16.9. The molecule has 0 fully saturated rings. The number of benzene rings is 2. The number of carbonyl (C=O) groups is 1. The molecule has 5 heteroatoms. The van der Waals surface area contributed by atoms with Gasteiger partial charge in [-0.1, -0.05) is 30.3 Å². The van der Waals surface area contributed by atoms with Crippen LogP contribution in [0.3, 0.4) is 0 Å². The molecule has 0 unspecified atom stereocenters. The Morgan fingerprint density at radius 3 is 2.80 bits per heavy atom. The SMILES string of the molecule is CN=C/C(=C\N)c1ccc(CN2C(=O)CCc3ccccc32)c(F)c1. The van der Waals surface area contributed by atoms with Crippen LogP contribution in [0.15, 0.2) is 53.7 Å². The molecule has 25 heavy (non-hydrogen) atoms. The highest BCUT2D eigenvalue weighted by atomic mass is 19.1. The van der Waals surface area contributed by atoms with E-state index in [0.29, 0.717) is 23.1 Å². The van der Waals surface area contributed by atoms with Crippen LogP contribution in [0.5, 0.6) is 0 Å². The van der Waals surface area contributed by atoms with Crippen LogP contribution in [0, 0.1) is 5.82 Å². The first-order chi connectivity index (χ1) is 12.1. The first-order valence-corrected chi connectivity index (χ1v) is 8.15. The van der Waals surface area contributed by atoms with Crippen molar-refractivity contribution in [3.8, 4) is 0 Å². The number of nitrogens with two attached hydrogens (primary N) is 1. The van der Waals surface area contributed by atoms with Crippen molar-refractivity contribution in [3.63, 3.8) is 0 Å². The molecular weight excluding hydrogens is 317 g/mol. The summed E-state index contributed by atoms with van der Waals surface area (Å²) in [4.78, 5) is 17.9. The molecule has 1 aliphatic heterocycles. The van der Waals surface area contributed by atoms with Crippen LogP contribution in [-0.4, -0.2) is 19.2 Å². The van der Waals surface area contributed by atoms with Crippen LogP contribution in [0.2, 0.25) is 0 Å². The lowest BCUT2D eigenvalue weighted by Crippen LogP contribution is -2.34. The van der Waals surface area contributed by atoms with Gasteiger partial charge < -0.3 is 10.6 Å². The molecule has 0 saturated heterocycles. The second-order valence-corrected chi connectivity index (χ2v) is 5.92. The zero-order valence-electron chi connectivity index (χ0n) is 14.1. The molecule has 0 atom stereocenters. The van der Waals surface area contributed by atoms with Gasteiger partial charge in [-0.15, -0.1) is 0 Å². The molecule has 2 aromatic rings. The van der Waals surface area contributed by atoms with Crippen molar-refractivity contribution in [3.05, 3.63) is 71.2 Å². The lowest BCUT2D eigenvalue weighted by atomic mass is 9.99. The van der Waals surface area contributed by atoms with Gasteiger partial charge in [-0.05, 0) is 29.7 Å². The maximum Gasteiger partial charge on any atom is 0.227 e. The number of aliphatic imine (C=N–C) groups is 1. The second-order valence-electron chi connectivity index (χ2n) is 5.92.